The van der Waals surface area contributed by atoms with Crippen molar-refractivity contribution in [3.05, 3.63) is 83.7 Å². The highest BCUT2D eigenvalue weighted by molar-refractivity contribution is 6.04. The van der Waals surface area contributed by atoms with Gasteiger partial charge in [-0.25, -0.2) is 4.79 Å². The molecule has 6 nitrogen and oxygen atoms in total. The summed E-state index contributed by atoms with van der Waals surface area (Å²) in [6.07, 6.45) is 3.09. The van der Waals surface area contributed by atoms with E-state index in [2.05, 4.69) is 49.3 Å². The predicted octanol–water partition coefficient (Wildman–Crippen LogP) is 5.67. The summed E-state index contributed by atoms with van der Waals surface area (Å²) in [5.41, 5.74) is 5.66. The molecule has 2 aromatic carbocycles. The van der Waals surface area contributed by atoms with Gasteiger partial charge in [0, 0.05) is 30.8 Å². The Morgan fingerprint density at radius 3 is 2.42 bits per heavy atom. The Morgan fingerprint density at radius 1 is 1.06 bits per heavy atom. The van der Waals surface area contributed by atoms with E-state index in [1.807, 2.05) is 24.3 Å². The molecule has 0 fully saturated rings. The summed E-state index contributed by atoms with van der Waals surface area (Å²) in [7, 11) is 0. The van der Waals surface area contributed by atoms with Crippen molar-refractivity contribution >= 4 is 17.7 Å². The van der Waals surface area contributed by atoms with Crippen molar-refractivity contribution in [1.29, 1.82) is 0 Å². The highest BCUT2D eigenvalue weighted by atomic mass is 16.4. The van der Waals surface area contributed by atoms with Gasteiger partial charge in [-0.1, -0.05) is 51.1 Å². The van der Waals surface area contributed by atoms with E-state index in [0.717, 1.165) is 11.1 Å². The quantitative estimate of drug-likeness (QED) is 0.547. The van der Waals surface area contributed by atoms with Gasteiger partial charge in [0.05, 0.1) is 11.9 Å². The second kappa shape index (κ2) is 9.06. The van der Waals surface area contributed by atoms with Crippen LogP contribution in [-0.2, 0) is 6.42 Å². The number of benzene rings is 2. The topological polar surface area (TPSA) is 82.5 Å². The first-order valence-corrected chi connectivity index (χ1v) is 11.1. The molecule has 0 saturated carbocycles. The third kappa shape index (κ3) is 5.06. The minimum absolute atomic E-state index is 0.0579. The van der Waals surface area contributed by atoms with E-state index in [9.17, 15) is 14.7 Å². The Kier molecular flexibility index (Phi) is 6.18. The van der Waals surface area contributed by atoms with Crippen LogP contribution in [0, 0.1) is 5.41 Å². The number of rotatable bonds is 3. The largest absolute Gasteiger partial charge is 0.465 e. The molecule has 1 unspecified atom stereocenters. The first kappa shape index (κ1) is 22.5. The molecule has 170 valence electrons. The van der Waals surface area contributed by atoms with Gasteiger partial charge < -0.3 is 15.3 Å². The first-order chi connectivity index (χ1) is 15.7. The number of aromatic nitrogens is 1. The summed E-state index contributed by atoms with van der Waals surface area (Å²) in [4.78, 5) is 29.8. The van der Waals surface area contributed by atoms with Gasteiger partial charge in [-0.2, -0.15) is 0 Å². The summed E-state index contributed by atoms with van der Waals surface area (Å²) in [5, 5.41) is 12.5. The second-order valence-corrected chi connectivity index (χ2v) is 9.58. The highest BCUT2D eigenvalue weighted by Gasteiger charge is 2.33. The van der Waals surface area contributed by atoms with Crippen LogP contribution in [0.15, 0.2) is 67.0 Å². The molecule has 0 spiro atoms. The molecule has 33 heavy (non-hydrogen) atoms. The van der Waals surface area contributed by atoms with Crippen LogP contribution in [-0.4, -0.2) is 40.1 Å². The van der Waals surface area contributed by atoms with Crippen molar-refractivity contribution in [3.63, 3.8) is 0 Å². The van der Waals surface area contributed by atoms with Gasteiger partial charge in [-0.05, 0) is 58.4 Å². The molecule has 4 rings (SSSR count). The van der Waals surface area contributed by atoms with E-state index in [1.54, 1.807) is 24.5 Å². The minimum Gasteiger partial charge on any atom is -0.465 e. The number of hydrogen-bond acceptors (Lipinski definition) is 3. The van der Waals surface area contributed by atoms with Gasteiger partial charge >= 0.3 is 6.09 Å². The molecule has 3 aromatic rings. The number of carbonyl (C=O) groups is 2. The van der Waals surface area contributed by atoms with E-state index in [4.69, 9.17) is 0 Å². The number of nitrogens with one attached hydrogen (secondary N) is 1. The Labute approximate surface area is 194 Å². The maximum Gasteiger partial charge on any atom is 0.407 e. The average Bonchev–Trinajstić information content (AvgIpc) is 2.99. The summed E-state index contributed by atoms with van der Waals surface area (Å²) in [6.45, 7) is 7.49. The number of hydrogen-bond donors (Lipinski definition) is 2. The molecule has 1 aliphatic heterocycles. The lowest BCUT2D eigenvalue weighted by Crippen LogP contribution is -2.36. The molecule has 0 saturated heterocycles. The standard InChI is InChI=1S/C27H29N3O3/c1-27(2,3)24-17-30(26(32)33)14-12-21-15-20(10-11-23(21)24)18-6-8-19(9-7-18)25(31)29-22-5-4-13-28-16-22/h4-11,13,15-16,24H,12,14,17H2,1-3H3,(H,29,31)(H,32,33). The Bertz CT molecular complexity index is 1150. The average molecular weight is 444 g/mol. The summed E-state index contributed by atoms with van der Waals surface area (Å²) < 4.78 is 0. The SMILES string of the molecule is CC(C)(C)C1CN(C(=O)O)CCc2cc(-c3ccc(C(=O)Nc4cccnc4)cc3)ccc21. The maximum absolute atomic E-state index is 12.5. The summed E-state index contributed by atoms with van der Waals surface area (Å²) in [6, 6.07) is 17.5. The zero-order chi connectivity index (χ0) is 23.6. The molecule has 0 aliphatic carbocycles. The van der Waals surface area contributed by atoms with Crippen molar-refractivity contribution in [2.75, 3.05) is 18.4 Å². The normalized spacial score (nSPS) is 16.0. The monoisotopic (exact) mass is 443 g/mol. The summed E-state index contributed by atoms with van der Waals surface area (Å²) in [5.74, 6) is -0.0584. The molecule has 0 bridgehead atoms. The molecule has 1 aromatic heterocycles. The van der Waals surface area contributed by atoms with E-state index >= 15 is 0 Å². The van der Waals surface area contributed by atoms with Crippen molar-refractivity contribution in [2.45, 2.75) is 33.1 Å². The number of nitrogens with zero attached hydrogens (tertiary/aromatic N) is 2. The molecule has 0 radical (unpaired) electrons. The van der Waals surface area contributed by atoms with Crippen LogP contribution >= 0.6 is 0 Å². The van der Waals surface area contributed by atoms with E-state index in [1.165, 1.54) is 16.0 Å². The zero-order valence-electron chi connectivity index (χ0n) is 19.2. The van der Waals surface area contributed by atoms with Crippen LogP contribution in [0.1, 0.15) is 48.2 Å². The van der Waals surface area contributed by atoms with Crippen LogP contribution in [0.5, 0.6) is 0 Å². The van der Waals surface area contributed by atoms with Crippen LogP contribution < -0.4 is 5.32 Å². The smallest absolute Gasteiger partial charge is 0.407 e. The van der Waals surface area contributed by atoms with Crippen molar-refractivity contribution < 1.29 is 14.7 Å². The molecule has 6 heteroatoms. The van der Waals surface area contributed by atoms with Crippen molar-refractivity contribution in [3.8, 4) is 11.1 Å². The fraction of sp³-hybridized carbons (Fsp3) is 0.296. The Balaban J connectivity index is 1.58. The van der Waals surface area contributed by atoms with Gasteiger partial charge in [0.15, 0.2) is 0 Å². The highest BCUT2D eigenvalue weighted by Crippen LogP contribution is 2.40. The fourth-order valence-electron chi connectivity index (χ4n) is 4.38. The molecule has 1 aliphatic rings. The summed E-state index contributed by atoms with van der Waals surface area (Å²) >= 11 is 0. The Hall–Kier alpha value is -3.67. The van der Waals surface area contributed by atoms with E-state index in [-0.39, 0.29) is 17.2 Å². The Morgan fingerprint density at radius 2 is 1.79 bits per heavy atom. The number of anilines is 1. The van der Waals surface area contributed by atoms with Gasteiger partial charge in [-0.15, -0.1) is 0 Å². The van der Waals surface area contributed by atoms with Crippen molar-refractivity contribution in [2.24, 2.45) is 5.41 Å². The minimum atomic E-state index is -0.863. The predicted molar refractivity (Wildman–Crippen MR) is 130 cm³/mol. The number of carbonyl (C=O) groups excluding carboxylic acids is 1. The molecule has 2 N–H and O–H groups in total. The van der Waals surface area contributed by atoms with Crippen LogP contribution in [0.25, 0.3) is 11.1 Å². The van der Waals surface area contributed by atoms with Crippen molar-refractivity contribution in [1.82, 2.24) is 9.88 Å². The van der Waals surface area contributed by atoms with Crippen LogP contribution in [0.3, 0.4) is 0 Å². The number of fused-ring (bicyclic) bond motifs is 1. The van der Waals surface area contributed by atoms with Crippen LogP contribution in [0.2, 0.25) is 0 Å². The lowest BCUT2D eigenvalue weighted by Gasteiger charge is -2.33. The molecule has 2 heterocycles. The van der Waals surface area contributed by atoms with Gasteiger partial charge in [-0.3, -0.25) is 9.78 Å². The van der Waals surface area contributed by atoms with Gasteiger partial charge in [0.1, 0.15) is 0 Å². The first-order valence-electron chi connectivity index (χ1n) is 11.1. The fourth-order valence-corrected chi connectivity index (χ4v) is 4.38. The number of amides is 2. The zero-order valence-corrected chi connectivity index (χ0v) is 19.2. The lowest BCUT2D eigenvalue weighted by molar-refractivity contribution is 0.102. The third-order valence-electron chi connectivity index (χ3n) is 6.29. The maximum atomic E-state index is 12.5. The molecular formula is C27H29N3O3. The van der Waals surface area contributed by atoms with Gasteiger partial charge in [0.2, 0.25) is 0 Å². The second-order valence-electron chi connectivity index (χ2n) is 9.58. The number of carboxylic acid groups (broad SMARTS) is 1. The van der Waals surface area contributed by atoms with E-state index in [0.29, 0.717) is 30.8 Å². The van der Waals surface area contributed by atoms with Crippen LogP contribution in [0.4, 0.5) is 10.5 Å². The molecule has 1 atom stereocenters. The third-order valence-corrected chi connectivity index (χ3v) is 6.29. The molecule has 2 amide bonds. The van der Waals surface area contributed by atoms with Gasteiger partial charge in [0.25, 0.3) is 5.91 Å². The van der Waals surface area contributed by atoms with E-state index < -0.39 is 6.09 Å². The molecular weight excluding hydrogens is 414 g/mol. The number of pyridine rings is 1. The lowest BCUT2D eigenvalue weighted by atomic mass is 9.74.